The summed E-state index contributed by atoms with van der Waals surface area (Å²) in [5, 5.41) is 0. The van der Waals surface area contributed by atoms with Crippen LogP contribution < -0.4 is 4.74 Å². The van der Waals surface area contributed by atoms with Gasteiger partial charge in [-0.25, -0.2) is 0 Å². The van der Waals surface area contributed by atoms with E-state index in [9.17, 15) is 0 Å². The Hall–Kier alpha value is -1.32. The quantitative estimate of drug-likeness (QED) is 0.782. The molecule has 0 radical (unpaired) electrons. The molecule has 0 bridgehead atoms. The van der Waals surface area contributed by atoms with Gasteiger partial charge in [0.25, 0.3) is 0 Å². The lowest BCUT2D eigenvalue weighted by atomic mass is 10.1. The number of ether oxygens (including phenoxy) is 1. The summed E-state index contributed by atoms with van der Waals surface area (Å²) >= 11 is 3.44. The van der Waals surface area contributed by atoms with Crippen molar-refractivity contribution < 1.29 is 4.74 Å². The maximum atomic E-state index is 5.74. The first kappa shape index (κ1) is 15.1. The molecule has 2 aromatic rings. The van der Waals surface area contributed by atoms with Crippen LogP contribution in [0.15, 0.2) is 53.0 Å². The van der Waals surface area contributed by atoms with Crippen molar-refractivity contribution in [3.05, 3.63) is 64.1 Å². The molecule has 106 valence electrons. The van der Waals surface area contributed by atoms with E-state index >= 15 is 0 Å². The average molecular weight is 334 g/mol. The Bertz CT molecular complexity index is 539. The number of hydrogen-bond donors (Lipinski definition) is 0. The Labute approximate surface area is 129 Å². The van der Waals surface area contributed by atoms with Crippen molar-refractivity contribution in [2.75, 3.05) is 20.2 Å². The molecule has 2 rings (SSSR count). The predicted octanol–water partition coefficient (Wildman–Crippen LogP) is 4.27. The maximum absolute atomic E-state index is 5.74. The van der Waals surface area contributed by atoms with E-state index in [1.807, 2.05) is 24.3 Å². The van der Waals surface area contributed by atoms with E-state index in [0.29, 0.717) is 6.61 Å². The number of likely N-dealkylation sites (N-methyl/N-ethyl adjacent to an activating group) is 1. The number of hydrogen-bond acceptors (Lipinski definition) is 2. The molecule has 0 aliphatic carbocycles. The topological polar surface area (TPSA) is 12.5 Å². The van der Waals surface area contributed by atoms with E-state index in [4.69, 9.17) is 4.74 Å². The third-order valence-electron chi connectivity index (χ3n) is 3.11. The van der Waals surface area contributed by atoms with Crippen LogP contribution in [0, 0.1) is 6.92 Å². The fourth-order valence-electron chi connectivity index (χ4n) is 1.96. The van der Waals surface area contributed by atoms with E-state index in [1.54, 1.807) is 0 Å². The van der Waals surface area contributed by atoms with Gasteiger partial charge in [0.2, 0.25) is 0 Å². The minimum Gasteiger partial charge on any atom is -0.492 e. The van der Waals surface area contributed by atoms with Crippen LogP contribution in [0.2, 0.25) is 0 Å². The van der Waals surface area contributed by atoms with Gasteiger partial charge in [-0.2, -0.15) is 0 Å². The molecule has 0 fully saturated rings. The Kier molecular flexibility index (Phi) is 5.62. The summed E-state index contributed by atoms with van der Waals surface area (Å²) < 4.78 is 6.79. The van der Waals surface area contributed by atoms with Gasteiger partial charge in [-0.1, -0.05) is 51.8 Å². The lowest BCUT2D eigenvalue weighted by molar-refractivity contribution is 0.233. The van der Waals surface area contributed by atoms with Gasteiger partial charge in [-0.3, -0.25) is 4.90 Å². The molecule has 0 N–H and O–H groups in total. The minimum atomic E-state index is 0.693. The molecular weight excluding hydrogens is 314 g/mol. The van der Waals surface area contributed by atoms with Crippen molar-refractivity contribution >= 4 is 15.9 Å². The Morgan fingerprint density at radius 2 is 1.85 bits per heavy atom. The van der Waals surface area contributed by atoms with Crippen molar-refractivity contribution in [3.63, 3.8) is 0 Å². The number of halogens is 1. The van der Waals surface area contributed by atoms with Crippen molar-refractivity contribution in [2.45, 2.75) is 13.5 Å². The Balaban J connectivity index is 1.75. The van der Waals surface area contributed by atoms with Gasteiger partial charge in [-0.15, -0.1) is 0 Å². The van der Waals surface area contributed by atoms with Crippen LogP contribution in [0.1, 0.15) is 11.1 Å². The van der Waals surface area contributed by atoms with Crippen LogP contribution in [0.3, 0.4) is 0 Å². The van der Waals surface area contributed by atoms with Crippen molar-refractivity contribution in [1.82, 2.24) is 4.90 Å². The zero-order chi connectivity index (χ0) is 14.4. The number of nitrogens with zero attached hydrogens (tertiary/aromatic N) is 1. The number of rotatable bonds is 6. The molecule has 2 nitrogen and oxygen atoms in total. The van der Waals surface area contributed by atoms with Gasteiger partial charge < -0.3 is 4.74 Å². The predicted molar refractivity (Wildman–Crippen MR) is 87.2 cm³/mol. The van der Waals surface area contributed by atoms with E-state index in [2.05, 4.69) is 59.1 Å². The van der Waals surface area contributed by atoms with Gasteiger partial charge in [0.05, 0.1) is 0 Å². The molecule has 0 unspecified atom stereocenters. The molecule has 0 amide bonds. The highest BCUT2D eigenvalue weighted by Crippen LogP contribution is 2.17. The SMILES string of the molecule is Cc1ccc(CN(C)CCOc2cccc(Br)c2)cc1. The highest BCUT2D eigenvalue weighted by atomic mass is 79.9. The lowest BCUT2D eigenvalue weighted by Gasteiger charge is -2.17. The van der Waals surface area contributed by atoms with Crippen LogP contribution in [0.5, 0.6) is 5.75 Å². The first-order chi connectivity index (χ1) is 9.63. The van der Waals surface area contributed by atoms with E-state index in [1.165, 1.54) is 11.1 Å². The van der Waals surface area contributed by atoms with Crippen molar-refractivity contribution in [1.29, 1.82) is 0 Å². The molecular formula is C17H20BrNO. The third kappa shape index (κ3) is 4.99. The van der Waals surface area contributed by atoms with Gasteiger partial charge in [0, 0.05) is 17.6 Å². The molecule has 20 heavy (non-hydrogen) atoms. The molecule has 0 aromatic heterocycles. The van der Waals surface area contributed by atoms with Crippen LogP contribution in [0.25, 0.3) is 0 Å². The normalized spacial score (nSPS) is 10.8. The first-order valence-corrected chi connectivity index (χ1v) is 7.55. The Morgan fingerprint density at radius 3 is 2.55 bits per heavy atom. The second kappa shape index (κ2) is 7.46. The van der Waals surface area contributed by atoms with Crippen LogP contribution in [-0.2, 0) is 6.54 Å². The standard InChI is InChI=1S/C17H20BrNO/c1-14-6-8-15(9-7-14)13-19(2)10-11-20-17-5-3-4-16(18)12-17/h3-9,12H,10-11,13H2,1-2H3. The smallest absolute Gasteiger partial charge is 0.120 e. The second-order valence-corrected chi connectivity index (χ2v) is 5.94. The average Bonchev–Trinajstić information content (AvgIpc) is 2.41. The van der Waals surface area contributed by atoms with Gasteiger partial charge in [-0.05, 0) is 37.7 Å². The fourth-order valence-corrected chi connectivity index (χ4v) is 2.34. The van der Waals surface area contributed by atoms with Gasteiger partial charge >= 0.3 is 0 Å². The highest BCUT2D eigenvalue weighted by molar-refractivity contribution is 9.10. The minimum absolute atomic E-state index is 0.693. The fraction of sp³-hybridized carbons (Fsp3) is 0.294. The number of aryl methyl sites for hydroxylation is 1. The molecule has 0 saturated carbocycles. The molecule has 2 aromatic carbocycles. The summed E-state index contributed by atoms with van der Waals surface area (Å²) in [6, 6.07) is 16.6. The number of benzene rings is 2. The zero-order valence-electron chi connectivity index (χ0n) is 12.0. The van der Waals surface area contributed by atoms with Crippen molar-refractivity contribution in [2.24, 2.45) is 0 Å². The molecule has 0 heterocycles. The van der Waals surface area contributed by atoms with Crippen LogP contribution >= 0.6 is 15.9 Å². The summed E-state index contributed by atoms with van der Waals surface area (Å²) in [6.07, 6.45) is 0. The summed E-state index contributed by atoms with van der Waals surface area (Å²) in [6.45, 7) is 4.65. The molecule has 0 atom stereocenters. The highest BCUT2D eigenvalue weighted by Gasteiger charge is 2.01. The first-order valence-electron chi connectivity index (χ1n) is 6.76. The maximum Gasteiger partial charge on any atom is 0.120 e. The third-order valence-corrected chi connectivity index (χ3v) is 3.60. The second-order valence-electron chi connectivity index (χ2n) is 5.03. The molecule has 0 aliphatic heterocycles. The van der Waals surface area contributed by atoms with Crippen LogP contribution in [-0.4, -0.2) is 25.1 Å². The van der Waals surface area contributed by atoms with Gasteiger partial charge in [0.15, 0.2) is 0 Å². The molecule has 3 heteroatoms. The molecule has 0 aliphatic rings. The molecule has 0 saturated heterocycles. The van der Waals surface area contributed by atoms with Crippen molar-refractivity contribution in [3.8, 4) is 5.75 Å². The lowest BCUT2D eigenvalue weighted by Crippen LogP contribution is -2.23. The zero-order valence-corrected chi connectivity index (χ0v) is 13.6. The summed E-state index contributed by atoms with van der Waals surface area (Å²) in [5.41, 5.74) is 2.63. The van der Waals surface area contributed by atoms with E-state index in [-0.39, 0.29) is 0 Å². The van der Waals surface area contributed by atoms with Crippen LogP contribution in [0.4, 0.5) is 0 Å². The monoisotopic (exact) mass is 333 g/mol. The Morgan fingerprint density at radius 1 is 1.10 bits per heavy atom. The summed E-state index contributed by atoms with van der Waals surface area (Å²) in [4.78, 5) is 2.27. The van der Waals surface area contributed by atoms with Gasteiger partial charge in [0.1, 0.15) is 12.4 Å². The molecule has 0 spiro atoms. The largest absolute Gasteiger partial charge is 0.492 e. The summed E-state index contributed by atoms with van der Waals surface area (Å²) in [7, 11) is 2.12. The van der Waals surface area contributed by atoms with E-state index < -0.39 is 0 Å². The van der Waals surface area contributed by atoms with E-state index in [0.717, 1.165) is 23.3 Å². The summed E-state index contributed by atoms with van der Waals surface area (Å²) in [5.74, 6) is 0.906.